The zero-order chi connectivity index (χ0) is 14.3. The molecule has 1 aliphatic rings. The first-order valence-electron chi connectivity index (χ1n) is 6.82. The highest BCUT2D eigenvalue weighted by atomic mass is 32.1. The van der Waals surface area contributed by atoms with Crippen molar-refractivity contribution in [2.24, 2.45) is 0 Å². The van der Waals surface area contributed by atoms with Crippen molar-refractivity contribution in [3.63, 3.8) is 0 Å². The van der Waals surface area contributed by atoms with Gasteiger partial charge in [0.15, 0.2) is 0 Å². The van der Waals surface area contributed by atoms with Crippen molar-refractivity contribution in [1.82, 2.24) is 10.3 Å². The summed E-state index contributed by atoms with van der Waals surface area (Å²) < 4.78 is 5.29. The molecule has 0 radical (unpaired) electrons. The molecule has 0 aliphatic carbocycles. The van der Waals surface area contributed by atoms with E-state index < -0.39 is 0 Å². The van der Waals surface area contributed by atoms with E-state index in [1.165, 1.54) is 16.9 Å². The smallest absolute Gasteiger partial charge is 0.262 e. The lowest BCUT2D eigenvalue weighted by Gasteiger charge is -2.09. The van der Waals surface area contributed by atoms with Crippen molar-refractivity contribution >= 4 is 27.5 Å². The molecule has 3 heterocycles. The topological polar surface area (TPSA) is 51.2 Å². The first-order valence-corrected chi connectivity index (χ1v) is 7.64. The van der Waals surface area contributed by atoms with Gasteiger partial charge >= 0.3 is 0 Å². The standard InChI is InChI=1S/C15H18N2O2S/c1-8-6-9(2)16-15-12(8)10(3)13(20-15)14(18)17-11-4-5-19-7-11/h6,11H,4-5,7H2,1-3H3,(H,17,18). The molecular weight excluding hydrogens is 272 g/mol. The zero-order valence-corrected chi connectivity index (χ0v) is 12.8. The second kappa shape index (κ2) is 5.14. The molecule has 0 aromatic carbocycles. The van der Waals surface area contributed by atoms with Crippen LogP contribution in [0, 0.1) is 20.8 Å². The molecule has 3 rings (SSSR count). The summed E-state index contributed by atoms with van der Waals surface area (Å²) in [5, 5.41) is 4.17. The maximum Gasteiger partial charge on any atom is 0.262 e. The van der Waals surface area contributed by atoms with Gasteiger partial charge in [-0.1, -0.05) is 0 Å². The Kier molecular flexibility index (Phi) is 3.48. The van der Waals surface area contributed by atoms with Crippen molar-refractivity contribution in [2.75, 3.05) is 13.2 Å². The van der Waals surface area contributed by atoms with Crippen LogP contribution in [0.3, 0.4) is 0 Å². The van der Waals surface area contributed by atoms with Gasteiger partial charge in [0.05, 0.1) is 17.5 Å². The molecule has 1 saturated heterocycles. The summed E-state index contributed by atoms with van der Waals surface area (Å²) >= 11 is 1.48. The number of pyridine rings is 1. The first kappa shape index (κ1) is 13.5. The number of ether oxygens (including phenoxy) is 1. The molecular formula is C15H18N2O2S. The van der Waals surface area contributed by atoms with Crippen LogP contribution in [0.15, 0.2) is 6.07 Å². The molecule has 20 heavy (non-hydrogen) atoms. The number of nitrogens with zero attached hydrogens (tertiary/aromatic N) is 1. The average molecular weight is 290 g/mol. The Labute approximate surface area is 122 Å². The van der Waals surface area contributed by atoms with E-state index in [-0.39, 0.29) is 11.9 Å². The van der Waals surface area contributed by atoms with Gasteiger partial charge in [-0.15, -0.1) is 11.3 Å². The summed E-state index contributed by atoms with van der Waals surface area (Å²) in [7, 11) is 0. The van der Waals surface area contributed by atoms with Crippen LogP contribution in [-0.4, -0.2) is 30.1 Å². The van der Waals surface area contributed by atoms with Gasteiger partial charge in [0.2, 0.25) is 0 Å². The SMILES string of the molecule is Cc1cc(C)c2c(C)c(C(=O)NC3CCOC3)sc2n1. The molecule has 1 amide bonds. The van der Waals surface area contributed by atoms with Crippen LogP contribution < -0.4 is 5.32 Å². The fourth-order valence-corrected chi connectivity index (χ4v) is 3.94. The normalized spacial score (nSPS) is 18.6. The molecule has 0 spiro atoms. The molecule has 1 unspecified atom stereocenters. The summed E-state index contributed by atoms with van der Waals surface area (Å²) in [6, 6.07) is 2.21. The van der Waals surface area contributed by atoms with E-state index in [0.717, 1.165) is 39.4 Å². The van der Waals surface area contributed by atoms with Gasteiger partial charge in [0.1, 0.15) is 4.83 Å². The summed E-state index contributed by atoms with van der Waals surface area (Å²) in [6.45, 7) is 7.41. The van der Waals surface area contributed by atoms with Crippen LogP contribution in [0.5, 0.6) is 0 Å². The number of nitrogens with one attached hydrogen (secondary N) is 1. The van der Waals surface area contributed by atoms with Gasteiger partial charge in [-0.05, 0) is 44.4 Å². The van der Waals surface area contributed by atoms with E-state index >= 15 is 0 Å². The Balaban J connectivity index is 1.97. The Morgan fingerprint density at radius 1 is 1.45 bits per heavy atom. The van der Waals surface area contributed by atoms with E-state index in [0.29, 0.717) is 6.61 Å². The molecule has 2 aromatic rings. The summed E-state index contributed by atoms with van der Waals surface area (Å²) in [5.41, 5.74) is 3.21. The Morgan fingerprint density at radius 2 is 2.25 bits per heavy atom. The number of carbonyl (C=O) groups excluding carboxylic acids is 1. The van der Waals surface area contributed by atoms with Crippen molar-refractivity contribution < 1.29 is 9.53 Å². The van der Waals surface area contributed by atoms with Crippen LogP contribution in [0.4, 0.5) is 0 Å². The second-order valence-electron chi connectivity index (χ2n) is 5.35. The number of aryl methyl sites for hydroxylation is 3. The highest BCUT2D eigenvalue weighted by Crippen LogP contribution is 2.32. The third kappa shape index (κ3) is 2.31. The molecule has 106 valence electrons. The Hall–Kier alpha value is -1.46. The molecule has 0 bridgehead atoms. The fraction of sp³-hybridized carbons (Fsp3) is 0.467. The van der Waals surface area contributed by atoms with Crippen LogP contribution in [0.25, 0.3) is 10.2 Å². The molecule has 1 N–H and O–H groups in total. The minimum absolute atomic E-state index is 0.00180. The predicted molar refractivity (Wildman–Crippen MR) is 80.5 cm³/mol. The molecule has 1 aliphatic heterocycles. The molecule has 1 atom stereocenters. The van der Waals surface area contributed by atoms with Crippen LogP contribution in [0.2, 0.25) is 0 Å². The number of fused-ring (bicyclic) bond motifs is 1. The van der Waals surface area contributed by atoms with E-state index in [2.05, 4.69) is 23.3 Å². The quantitative estimate of drug-likeness (QED) is 0.925. The Bertz CT molecular complexity index is 672. The van der Waals surface area contributed by atoms with E-state index in [1.54, 1.807) is 0 Å². The van der Waals surface area contributed by atoms with Crippen molar-refractivity contribution in [2.45, 2.75) is 33.2 Å². The fourth-order valence-electron chi connectivity index (χ4n) is 2.74. The summed E-state index contributed by atoms with van der Waals surface area (Å²) in [5.74, 6) is -0.00180. The van der Waals surface area contributed by atoms with Gasteiger partial charge in [-0.2, -0.15) is 0 Å². The van der Waals surface area contributed by atoms with Crippen molar-refractivity contribution in [1.29, 1.82) is 0 Å². The summed E-state index contributed by atoms with van der Waals surface area (Å²) in [4.78, 5) is 18.7. The third-order valence-corrected chi connectivity index (χ3v) is 4.88. The maximum absolute atomic E-state index is 12.4. The number of carbonyl (C=O) groups is 1. The highest BCUT2D eigenvalue weighted by Gasteiger charge is 2.22. The van der Waals surface area contributed by atoms with Crippen molar-refractivity contribution in [3.05, 3.63) is 27.8 Å². The highest BCUT2D eigenvalue weighted by molar-refractivity contribution is 7.20. The molecule has 1 fully saturated rings. The van der Waals surface area contributed by atoms with Crippen LogP contribution >= 0.6 is 11.3 Å². The van der Waals surface area contributed by atoms with Gasteiger partial charge in [-0.25, -0.2) is 4.98 Å². The number of thiophene rings is 1. The number of aromatic nitrogens is 1. The lowest BCUT2D eigenvalue weighted by molar-refractivity contribution is 0.0933. The lowest BCUT2D eigenvalue weighted by atomic mass is 10.1. The lowest BCUT2D eigenvalue weighted by Crippen LogP contribution is -2.34. The molecule has 5 heteroatoms. The van der Waals surface area contributed by atoms with Gasteiger partial charge in [0.25, 0.3) is 5.91 Å². The van der Waals surface area contributed by atoms with Crippen LogP contribution in [-0.2, 0) is 4.74 Å². The number of amides is 1. The summed E-state index contributed by atoms with van der Waals surface area (Å²) in [6.07, 6.45) is 0.895. The minimum Gasteiger partial charge on any atom is -0.379 e. The van der Waals surface area contributed by atoms with Crippen molar-refractivity contribution in [3.8, 4) is 0 Å². The molecule has 2 aromatic heterocycles. The third-order valence-electron chi connectivity index (χ3n) is 3.70. The number of rotatable bonds is 2. The van der Waals surface area contributed by atoms with Gasteiger partial charge in [-0.3, -0.25) is 4.79 Å². The zero-order valence-electron chi connectivity index (χ0n) is 11.9. The molecule has 4 nitrogen and oxygen atoms in total. The average Bonchev–Trinajstić information content (AvgIpc) is 2.97. The van der Waals surface area contributed by atoms with Crippen LogP contribution in [0.1, 0.15) is 32.9 Å². The first-order chi connectivity index (χ1) is 9.56. The predicted octanol–water partition coefficient (Wildman–Crippen LogP) is 2.74. The monoisotopic (exact) mass is 290 g/mol. The van der Waals surface area contributed by atoms with E-state index in [9.17, 15) is 4.79 Å². The minimum atomic E-state index is -0.00180. The number of hydrogen-bond donors (Lipinski definition) is 1. The maximum atomic E-state index is 12.4. The largest absolute Gasteiger partial charge is 0.379 e. The molecule has 0 saturated carbocycles. The Morgan fingerprint density at radius 3 is 2.95 bits per heavy atom. The van der Waals surface area contributed by atoms with Gasteiger partial charge in [0, 0.05) is 17.7 Å². The number of hydrogen-bond acceptors (Lipinski definition) is 4. The van der Waals surface area contributed by atoms with E-state index in [4.69, 9.17) is 4.74 Å². The van der Waals surface area contributed by atoms with E-state index in [1.807, 2.05) is 13.8 Å². The van der Waals surface area contributed by atoms with Gasteiger partial charge < -0.3 is 10.1 Å². The second-order valence-corrected chi connectivity index (χ2v) is 6.35.